The minimum Gasteiger partial charge on any atom is -0.444 e. The number of ether oxygens (including phenoxy) is 3. The molecule has 0 spiro atoms. The van der Waals surface area contributed by atoms with Gasteiger partial charge in [0.1, 0.15) is 29.4 Å². The average Bonchev–Trinajstić information content (AvgIpc) is 3.95. The van der Waals surface area contributed by atoms with Crippen molar-refractivity contribution in [1.82, 2.24) is 17.7 Å². The van der Waals surface area contributed by atoms with Gasteiger partial charge in [-0.3, -0.25) is 0 Å². The summed E-state index contributed by atoms with van der Waals surface area (Å²) in [5, 5.41) is 40.7. The zero-order chi connectivity index (χ0) is 50.6. The third kappa shape index (κ3) is 11.6. The molecular weight excluding hydrogens is 925 g/mol. The Morgan fingerprint density at radius 2 is 1.25 bits per heavy atom. The highest BCUT2D eigenvalue weighted by Crippen LogP contribution is 2.35. The van der Waals surface area contributed by atoms with Gasteiger partial charge in [0.2, 0.25) is 0 Å². The average molecular weight is 981 g/mol. The Kier molecular flexibility index (Phi) is 15.3. The van der Waals surface area contributed by atoms with Gasteiger partial charge < -0.3 is 34.2 Å². The van der Waals surface area contributed by atoms with Crippen LogP contribution >= 0.6 is 0 Å². The van der Waals surface area contributed by atoms with Crippen LogP contribution in [-0.4, -0.2) is 108 Å². The second-order valence-corrected chi connectivity index (χ2v) is 22.1. The fourth-order valence-electron chi connectivity index (χ4n) is 7.65. The Balaban J connectivity index is 0.000000227. The Morgan fingerprint density at radius 3 is 1.74 bits per heavy atom. The number of rotatable bonds is 10. The molecule has 2 N–H and O–H groups in total. The molecule has 1 fully saturated rings. The fraction of sp³-hybridized carbons (Fsp3) is 0.360. The van der Waals surface area contributed by atoms with Crippen LogP contribution in [0.1, 0.15) is 87.1 Å². The van der Waals surface area contributed by atoms with Gasteiger partial charge in [-0.1, -0.05) is 47.5 Å². The molecule has 2 amide bonds. The second-order valence-electron chi connectivity index (χ2n) is 18.5. The molecule has 6 aromatic rings. The van der Waals surface area contributed by atoms with Gasteiger partial charge in [-0.25, -0.2) is 34.4 Å². The summed E-state index contributed by atoms with van der Waals surface area (Å²) in [6.45, 7) is 14.7. The van der Waals surface area contributed by atoms with Gasteiger partial charge in [0.15, 0.2) is 0 Å². The summed E-state index contributed by atoms with van der Waals surface area (Å²) in [6, 6.07) is 26.6. The van der Waals surface area contributed by atoms with Crippen LogP contribution in [0.5, 0.6) is 0 Å². The number of carbonyl (C=O) groups excluding carboxylic acids is 2. The molecule has 69 heavy (non-hydrogen) atoms. The van der Waals surface area contributed by atoms with E-state index in [0.29, 0.717) is 40.6 Å². The predicted molar refractivity (Wildman–Crippen MR) is 257 cm³/mol. The fourth-order valence-corrected chi connectivity index (χ4v) is 10.4. The van der Waals surface area contributed by atoms with E-state index in [9.17, 15) is 47.2 Å². The van der Waals surface area contributed by atoms with E-state index in [0.717, 1.165) is 19.1 Å². The number of aliphatic hydroxyl groups is 2. The van der Waals surface area contributed by atoms with Crippen LogP contribution < -0.4 is 0 Å². The van der Waals surface area contributed by atoms with Crippen molar-refractivity contribution in [2.45, 2.75) is 88.6 Å². The van der Waals surface area contributed by atoms with E-state index >= 15 is 0 Å². The van der Waals surface area contributed by atoms with Crippen molar-refractivity contribution in [3.05, 3.63) is 131 Å². The molecule has 1 aliphatic rings. The van der Waals surface area contributed by atoms with E-state index in [1.807, 2.05) is 40.7 Å². The standard InChI is InChI=1S/C25H29N3O6S.C25H27N3O5S/c1-17-5-8-19(9-6-17)35(32,33)28-12-11-21-20(10-7-18(15-26)23(21)28)22(30)16-27(13-14-29)24(31)34-25(2,3)4;1-17-5-8-19(9-6-17)34(30,31)28-12-11-21-20(10-7-18(15-26)23(21)28)22-16-27(13-14-32-22)24(29)33-25(2,3)4/h5-12,22,29-30H,13-14,16H2,1-4H3;5-12,22H,13-14,16H2,1-4H3. The molecule has 0 bridgehead atoms. The maximum atomic E-state index is 13.4. The monoisotopic (exact) mass is 980 g/mol. The van der Waals surface area contributed by atoms with Crippen molar-refractivity contribution < 1.29 is 50.8 Å². The molecule has 2 unspecified atom stereocenters. The van der Waals surface area contributed by atoms with Crippen LogP contribution in [-0.2, 0) is 34.3 Å². The Hall–Kier alpha value is -6.74. The normalized spacial score (nSPS) is 14.8. The van der Waals surface area contributed by atoms with Crippen LogP contribution in [0.25, 0.3) is 21.8 Å². The molecule has 17 nitrogen and oxygen atoms in total. The smallest absolute Gasteiger partial charge is 0.410 e. The number of aromatic nitrogens is 2. The quantitative estimate of drug-likeness (QED) is 0.134. The van der Waals surface area contributed by atoms with E-state index < -0.39 is 55.6 Å². The first kappa shape index (κ1) is 51.6. The summed E-state index contributed by atoms with van der Waals surface area (Å²) < 4.78 is 72.5. The van der Waals surface area contributed by atoms with E-state index in [2.05, 4.69) is 6.07 Å². The Morgan fingerprint density at radius 1 is 0.754 bits per heavy atom. The molecule has 3 heterocycles. The summed E-state index contributed by atoms with van der Waals surface area (Å²) >= 11 is 0. The maximum Gasteiger partial charge on any atom is 0.410 e. The first-order valence-corrected chi connectivity index (χ1v) is 24.9. The van der Waals surface area contributed by atoms with E-state index in [-0.39, 0.29) is 52.7 Å². The van der Waals surface area contributed by atoms with Crippen LogP contribution in [0.3, 0.4) is 0 Å². The molecule has 364 valence electrons. The van der Waals surface area contributed by atoms with Gasteiger partial charge in [-0.2, -0.15) is 10.5 Å². The SMILES string of the molecule is Cc1ccc(S(=O)(=O)n2ccc3c(C(O)CN(CCO)C(=O)OC(C)(C)C)ccc(C#N)c32)cc1.Cc1ccc(S(=O)(=O)n2ccc3c(C4CN(C(=O)OC(C)(C)C)CCO4)ccc(C#N)c32)cc1. The number of nitrogens with zero attached hydrogens (tertiary/aromatic N) is 6. The lowest BCUT2D eigenvalue weighted by molar-refractivity contribution is -0.0428. The molecule has 0 aliphatic carbocycles. The number of nitriles is 2. The third-order valence-electron chi connectivity index (χ3n) is 10.9. The van der Waals surface area contributed by atoms with Gasteiger partial charge in [0.25, 0.3) is 20.0 Å². The number of benzene rings is 4. The number of fused-ring (bicyclic) bond motifs is 2. The minimum atomic E-state index is -4.01. The molecule has 0 radical (unpaired) electrons. The van der Waals surface area contributed by atoms with Crippen LogP contribution in [0.4, 0.5) is 9.59 Å². The number of carbonyl (C=O) groups is 2. The first-order chi connectivity index (χ1) is 32.4. The molecule has 1 saturated heterocycles. The predicted octanol–water partition coefficient (Wildman–Crippen LogP) is 7.69. The van der Waals surface area contributed by atoms with E-state index in [1.165, 1.54) is 47.6 Å². The minimum absolute atomic E-state index is 0.0613. The number of aliphatic hydroxyl groups excluding tert-OH is 2. The molecule has 4 aromatic carbocycles. The van der Waals surface area contributed by atoms with Crippen LogP contribution in [0, 0.1) is 36.5 Å². The topological polar surface area (TPSA) is 234 Å². The first-order valence-electron chi connectivity index (χ1n) is 22.0. The van der Waals surface area contributed by atoms with Gasteiger partial charge in [0.05, 0.1) is 64.4 Å². The number of amides is 2. The highest BCUT2D eigenvalue weighted by molar-refractivity contribution is 7.90. The molecule has 1 aliphatic heterocycles. The zero-order valence-electron chi connectivity index (χ0n) is 39.7. The lowest BCUT2D eigenvalue weighted by Gasteiger charge is -2.34. The number of aryl methyl sites for hydroxylation is 2. The van der Waals surface area contributed by atoms with Gasteiger partial charge in [-0.05, 0) is 115 Å². The summed E-state index contributed by atoms with van der Waals surface area (Å²) in [5.41, 5.74) is 2.29. The lowest BCUT2D eigenvalue weighted by Crippen LogP contribution is -2.44. The number of hydrogen-bond donors (Lipinski definition) is 2. The summed E-state index contributed by atoms with van der Waals surface area (Å²) in [5.74, 6) is 0. The van der Waals surface area contributed by atoms with Crippen molar-refractivity contribution in [2.75, 3.05) is 39.4 Å². The van der Waals surface area contributed by atoms with Crippen molar-refractivity contribution in [3.63, 3.8) is 0 Å². The van der Waals surface area contributed by atoms with E-state index in [4.69, 9.17) is 14.2 Å². The second kappa shape index (κ2) is 20.5. The molecule has 0 saturated carbocycles. The molecule has 7 rings (SSSR count). The third-order valence-corrected chi connectivity index (χ3v) is 14.3. The lowest BCUT2D eigenvalue weighted by atomic mass is 10.0. The van der Waals surface area contributed by atoms with Crippen molar-refractivity contribution in [1.29, 1.82) is 10.5 Å². The summed E-state index contributed by atoms with van der Waals surface area (Å²) in [6.07, 6.45) is -0.0496. The molecular formula is C50H56N6O11S2. The van der Waals surface area contributed by atoms with Gasteiger partial charge in [0, 0.05) is 36.3 Å². The molecule has 2 atom stereocenters. The van der Waals surface area contributed by atoms with Crippen LogP contribution in [0.2, 0.25) is 0 Å². The molecule has 19 heteroatoms. The largest absolute Gasteiger partial charge is 0.444 e. The zero-order valence-corrected chi connectivity index (χ0v) is 41.3. The van der Waals surface area contributed by atoms with Gasteiger partial charge in [-0.15, -0.1) is 0 Å². The number of morpholine rings is 1. The molecule has 2 aromatic heterocycles. The summed E-state index contributed by atoms with van der Waals surface area (Å²) in [7, 11) is -7.94. The van der Waals surface area contributed by atoms with Crippen molar-refractivity contribution >= 4 is 54.0 Å². The highest BCUT2D eigenvalue weighted by atomic mass is 32.2. The van der Waals surface area contributed by atoms with Crippen molar-refractivity contribution in [3.8, 4) is 12.1 Å². The van der Waals surface area contributed by atoms with Crippen molar-refractivity contribution in [2.24, 2.45) is 0 Å². The highest BCUT2D eigenvalue weighted by Gasteiger charge is 2.32. The maximum absolute atomic E-state index is 13.4. The Bertz CT molecular complexity index is 3170. The Labute approximate surface area is 402 Å². The van der Waals surface area contributed by atoms with Gasteiger partial charge >= 0.3 is 12.2 Å². The summed E-state index contributed by atoms with van der Waals surface area (Å²) in [4.78, 5) is 28.1. The van der Waals surface area contributed by atoms with Crippen LogP contribution in [0.15, 0.2) is 107 Å². The number of hydrogen-bond acceptors (Lipinski definition) is 13. The van der Waals surface area contributed by atoms with E-state index in [1.54, 1.807) is 80.3 Å².